The van der Waals surface area contributed by atoms with E-state index in [0.29, 0.717) is 5.04 Å². The topological polar surface area (TPSA) is 0 Å². The van der Waals surface area contributed by atoms with E-state index in [4.69, 9.17) is 0 Å². The molecule has 0 nitrogen and oxygen atoms in total. The molecule has 1 aliphatic carbocycles. The summed E-state index contributed by atoms with van der Waals surface area (Å²) in [5.41, 5.74) is 3.02. The van der Waals surface area contributed by atoms with Crippen LogP contribution in [0.3, 0.4) is 0 Å². The summed E-state index contributed by atoms with van der Waals surface area (Å²) in [5.74, 6) is 0. The Bertz CT molecular complexity index is 454. The van der Waals surface area contributed by atoms with Crippen LogP contribution >= 0.6 is 0 Å². The van der Waals surface area contributed by atoms with Crippen LogP contribution in [0, 0.1) is 13.8 Å². The van der Waals surface area contributed by atoms with Gasteiger partial charge in [-0.3, -0.25) is 0 Å². The Morgan fingerprint density at radius 1 is 1.19 bits per heavy atom. The summed E-state index contributed by atoms with van der Waals surface area (Å²) in [6.45, 7) is 6.83. The number of hydrogen-bond acceptors (Lipinski definition) is 0. The molecule has 0 N–H and O–H groups in total. The molecule has 1 aliphatic rings. The van der Waals surface area contributed by atoms with Crippen molar-refractivity contribution in [2.45, 2.75) is 45.1 Å². The Kier molecular flexibility index (Phi) is 15.3. The van der Waals surface area contributed by atoms with Gasteiger partial charge < -0.3 is 37.2 Å². The van der Waals surface area contributed by atoms with Gasteiger partial charge in [0.1, 0.15) is 0 Å². The molecule has 0 aromatic heterocycles. The van der Waals surface area contributed by atoms with Crippen molar-refractivity contribution in [2.75, 3.05) is 0 Å². The van der Waals surface area contributed by atoms with Crippen LogP contribution in [0.1, 0.15) is 37.3 Å². The van der Waals surface area contributed by atoms with Crippen molar-refractivity contribution in [1.82, 2.24) is 0 Å². The first kappa shape index (κ1) is 26.5. The van der Waals surface area contributed by atoms with Crippen molar-refractivity contribution < 1.29 is 58.9 Å². The van der Waals surface area contributed by atoms with Crippen molar-refractivity contribution >= 4 is 14.7 Å². The fourth-order valence-electron chi connectivity index (χ4n) is 2.91. The van der Waals surface area contributed by atoms with Gasteiger partial charge in [-0.25, -0.2) is 6.07 Å². The molecule has 1 aromatic carbocycles. The minimum atomic E-state index is -0.221. The monoisotopic (exact) mass is 396 g/mol. The Morgan fingerprint density at radius 2 is 1.86 bits per heavy atom. The van der Waals surface area contributed by atoms with Crippen molar-refractivity contribution in [3.05, 3.63) is 47.6 Å². The zero-order chi connectivity index (χ0) is 12.3. The van der Waals surface area contributed by atoms with Gasteiger partial charge in [0.25, 0.3) is 0 Å². The predicted molar refractivity (Wildman–Crippen MR) is 80.2 cm³/mol. The molecule has 0 fully saturated rings. The molecule has 21 heavy (non-hydrogen) atoms. The molecule has 116 valence electrons. The summed E-state index contributed by atoms with van der Waals surface area (Å²) >= 11 is 0. The SMILES string of the molecule is CCCC1([SiH2][c-]2ccc(C)c2C)C=CC=CC1.[Cl-].[Cl-].[Cl-].[Ti+4]. The van der Waals surface area contributed by atoms with Crippen LogP contribution in [0.15, 0.2) is 36.4 Å². The quantitative estimate of drug-likeness (QED) is 0.351. The van der Waals surface area contributed by atoms with E-state index >= 15 is 0 Å². The summed E-state index contributed by atoms with van der Waals surface area (Å²) in [7, 11) is -0.221. The van der Waals surface area contributed by atoms with Gasteiger partial charge in [0, 0.05) is 9.52 Å². The van der Waals surface area contributed by atoms with Gasteiger partial charge in [0.05, 0.1) is 0 Å². The van der Waals surface area contributed by atoms with Crippen molar-refractivity contribution in [3.63, 3.8) is 0 Å². The average molecular weight is 398 g/mol. The molecular weight excluding hydrogens is 374 g/mol. The standard InChI is InChI=1S/C16H23Si.3ClH.Ti/c1-4-10-16(11-6-5-7-12-16)17-15-9-8-13(2)14(15)3;;;;/h5-9,11H,4,10,12,17H2,1-3H3;3*1H;/q-1;;;;+4/p-3. The molecule has 0 amide bonds. The van der Waals surface area contributed by atoms with Crippen LogP contribution in [0.5, 0.6) is 0 Å². The van der Waals surface area contributed by atoms with E-state index in [-0.39, 0.29) is 68.5 Å². The first-order valence-electron chi connectivity index (χ1n) is 6.73. The number of hydrogen-bond donors (Lipinski definition) is 0. The molecule has 0 bridgehead atoms. The Morgan fingerprint density at radius 3 is 2.29 bits per heavy atom. The summed E-state index contributed by atoms with van der Waals surface area (Å²) in [4.78, 5) is 0. The molecule has 1 atom stereocenters. The second-order valence-corrected chi connectivity index (χ2v) is 7.97. The molecule has 0 heterocycles. The predicted octanol–water partition coefficient (Wildman–Crippen LogP) is -5.70. The number of rotatable bonds is 4. The van der Waals surface area contributed by atoms with Crippen molar-refractivity contribution in [1.29, 1.82) is 0 Å². The van der Waals surface area contributed by atoms with Gasteiger partial charge in [-0.2, -0.15) is 22.4 Å². The molecule has 1 unspecified atom stereocenters. The molecule has 0 saturated heterocycles. The zero-order valence-electron chi connectivity index (χ0n) is 12.9. The van der Waals surface area contributed by atoms with Crippen LogP contribution in [0.2, 0.25) is 5.04 Å². The largest absolute Gasteiger partial charge is 4.00 e. The number of allylic oxidation sites excluding steroid dienone is 4. The summed E-state index contributed by atoms with van der Waals surface area (Å²) < 4.78 is 0. The van der Waals surface area contributed by atoms with Crippen LogP contribution in [-0.4, -0.2) is 9.52 Å². The second-order valence-electron chi connectivity index (χ2n) is 5.45. The van der Waals surface area contributed by atoms with Crippen LogP contribution in [-0.2, 0) is 21.7 Å². The van der Waals surface area contributed by atoms with Crippen LogP contribution in [0.4, 0.5) is 0 Å². The minimum absolute atomic E-state index is 0. The van der Waals surface area contributed by atoms with Gasteiger partial charge in [-0.05, 0) is 17.9 Å². The van der Waals surface area contributed by atoms with E-state index in [1.54, 1.807) is 10.8 Å². The third-order valence-corrected chi connectivity index (χ3v) is 6.85. The third kappa shape index (κ3) is 6.73. The minimum Gasteiger partial charge on any atom is -1.00 e. The zero-order valence-corrected chi connectivity index (χ0v) is 18.2. The first-order chi connectivity index (χ1) is 8.17. The normalized spacial score (nSPS) is 19.4. The molecule has 0 saturated carbocycles. The fourth-order valence-corrected chi connectivity index (χ4v) is 5.55. The van der Waals surface area contributed by atoms with E-state index in [9.17, 15) is 0 Å². The molecule has 0 aliphatic heterocycles. The van der Waals surface area contributed by atoms with E-state index in [1.807, 2.05) is 0 Å². The molecular formula is C16H23Cl3SiTi. The van der Waals surface area contributed by atoms with E-state index in [1.165, 1.54) is 24.8 Å². The van der Waals surface area contributed by atoms with Crippen LogP contribution < -0.4 is 42.4 Å². The maximum absolute atomic E-state index is 2.49. The molecule has 2 rings (SSSR count). The van der Waals surface area contributed by atoms with Crippen molar-refractivity contribution in [3.8, 4) is 0 Å². The van der Waals surface area contributed by atoms with Gasteiger partial charge in [-0.15, -0.1) is 0 Å². The van der Waals surface area contributed by atoms with Gasteiger partial charge in [-0.1, -0.05) is 51.5 Å². The first-order valence-corrected chi connectivity index (χ1v) is 8.14. The van der Waals surface area contributed by atoms with E-state index < -0.39 is 0 Å². The van der Waals surface area contributed by atoms with E-state index in [2.05, 4.69) is 57.2 Å². The molecule has 5 heteroatoms. The number of halogens is 3. The molecule has 1 aromatic rings. The summed E-state index contributed by atoms with van der Waals surface area (Å²) in [6, 6.07) is 4.67. The molecule has 0 radical (unpaired) electrons. The fraction of sp³-hybridized carbons (Fsp3) is 0.438. The maximum atomic E-state index is 2.49. The van der Waals surface area contributed by atoms with Gasteiger partial charge in [0.2, 0.25) is 0 Å². The smallest absolute Gasteiger partial charge is 1.00 e. The van der Waals surface area contributed by atoms with E-state index in [0.717, 1.165) is 0 Å². The summed E-state index contributed by atoms with van der Waals surface area (Å²) in [5, 5.41) is 2.19. The third-order valence-electron chi connectivity index (χ3n) is 4.12. The Balaban J connectivity index is -0.000000810. The summed E-state index contributed by atoms with van der Waals surface area (Å²) in [6.07, 6.45) is 13.2. The second kappa shape index (κ2) is 12.1. The maximum Gasteiger partial charge on any atom is 4.00 e. The Labute approximate surface area is 165 Å². The van der Waals surface area contributed by atoms with Crippen LogP contribution in [0.25, 0.3) is 0 Å². The van der Waals surface area contributed by atoms with Gasteiger partial charge >= 0.3 is 21.7 Å². The van der Waals surface area contributed by atoms with Crippen molar-refractivity contribution in [2.24, 2.45) is 0 Å². The van der Waals surface area contributed by atoms with Gasteiger partial charge in [0.15, 0.2) is 0 Å². The number of aryl methyl sites for hydroxylation is 1. The molecule has 0 spiro atoms. The Hall–Kier alpha value is 0.631. The average Bonchev–Trinajstić information content (AvgIpc) is 2.63.